The molecule has 2 nitrogen and oxygen atoms in total. The maximum atomic E-state index is 10.4. The molecule has 0 heterocycles. The topological polar surface area (TPSA) is 37.3 Å². The van der Waals surface area contributed by atoms with Crippen molar-refractivity contribution < 1.29 is 9.90 Å². The van der Waals surface area contributed by atoms with Crippen LogP contribution in [-0.2, 0) is 4.79 Å². The fourth-order valence-electron chi connectivity index (χ4n) is 1.40. The zero-order valence-electron chi connectivity index (χ0n) is 9.01. The summed E-state index contributed by atoms with van der Waals surface area (Å²) in [5.74, 6) is -0.675. The first-order valence-corrected chi connectivity index (χ1v) is 5.58. The van der Waals surface area contributed by atoms with E-state index in [4.69, 9.17) is 5.11 Å². The Balaban J connectivity index is 0.00000128. The third-order valence-electron chi connectivity index (χ3n) is 2.08. The van der Waals surface area contributed by atoms with Crippen LogP contribution in [0.25, 0.3) is 10.8 Å². The van der Waals surface area contributed by atoms with Crippen LogP contribution in [0.1, 0.15) is 0 Å². The number of aliphatic carboxylic acids is 1. The van der Waals surface area contributed by atoms with Crippen molar-refractivity contribution in [2.75, 3.05) is 5.75 Å². The second kappa shape index (κ2) is 6.30. The van der Waals surface area contributed by atoms with Gasteiger partial charge in [-0.1, -0.05) is 30.3 Å². The van der Waals surface area contributed by atoms with Crippen molar-refractivity contribution in [3.63, 3.8) is 0 Å². The van der Waals surface area contributed by atoms with Crippen LogP contribution in [-0.4, -0.2) is 46.4 Å². The number of hydrogen-bond acceptors (Lipinski definition) is 2. The molecule has 16 heavy (non-hydrogen) atoms. The molecular weight excluding hydrogens is 231 g/mol. The van der Waals surface area contributed by atoms with Crippen LogP contribution in [0.4, 0.5) is 0 Å². The monoisotopic (exact) mass is 241 g/mol. The fraction of sp³-hybridized carbons (Fsp3) is 0.0833. The summed E-state index contributed by atoms with van der Waals surface area (Å²) >= 11 is 1.34. The molecule has 0 aromatic heterocycles. The zero-order chi connectivity index (χ0) is 10.7. The van der Waals surface area contributed by atoms with E-state index in [0.29, 0.717) is 0 Å². The minimum atomic E-state index is -0.784. The Kier molecular flexibility index (Phi) is 5.35. The molecule has 0 atom stereocenters. The maximum Gasteiger partial charge on any atom is 0.313 e. The zero-order valence-corrected chi connectivity index (χ0v) is 11.8. The molecule has 0 saturated heterocycles. The van der Waals surface area contributed by atoms with Crippen molar-refractivity contribution in [3.05, 3.63) is 42.5 Å². The normalized spacial score (nSPS) is 9.75. The van der Waals surface area contributed by atoms with Gasteiger partial charge in [-0.15, -0.1) is 11.8 Å². The third kappa shape index (κ3) is 3.52. The molecule has 1 radical (unpaired) electrons. The van der Waals surface area contributed by atoms with E-state index in [2.05, 4.69) is 0 Å². The number of hydrogen-bond donors (Lipinski definition) is 1. The molecule has 0 aliphatic rings. The minimum Gasteiger partial charge on any atom is -0.481 e. The smallest absolute Gasteiger partial charge is 0.313 e. The molecule has 0 aliphatic carbocycles. The fourth-order valence-corrected chi connectivity index (χ4v) is 2.07. The Morgan fingerprint density at radius 3 is 2.50 bits per heavy atom. The van der Waals surface area contributed by atoms with Crippen molar-refractivity contribution in [1.29, 1.82) is 0 Å². The number of carboxylic acids is 1. The van der Waals surface area contributed by atoms with Crippen molar-refractivity contribution in [2.45, 2.75) is 4.90 Å². The van der Waals surface area contributed by atoms with Crippen LogP contribution < -0.4 is 0 Å². The van der Waals surface area contributed by atoms with E-state index in [0.717, 1.165) is 10.3 Å². The van der Waals surface area contributed by atoms with Gasteiger partial charge in [0.05, 0.1) is 5.75 Å². The van der Waals surface area contributed by atoms with Gasteiger partial charge in [-0.25, -0.2) is 0 Å². The van der Waals surface area contributed by atoms with Crippen molar-refractivity contribution in [1.82, 2.24) is 0 Å². The number of fused-ring (bicyclic) bond motifs is 1. The summed E-state index contributed by atoms with van der Waals surface area (Å²) < 4.78 is 0. The molecule has 0 aliphatic heterocycles. The summed E-state index contributed by atoms with van der Waals surface area (Å²) in [4.78, 5) is 11.4. The number of carboxylic acid groups (broad SMARTS) is 1. The Morgan fingerprint density at radius 2 is 1.81 bits per heavy atom. The van der Waals surface area contributed by atoms with Gasteiger partial charge in [-0.3, -0.25) is 4.79 Å². The van der Waals surface area contributed by atoms with Gasteiger partial charge >= 0.3 is 5.97 Å². The molecule has 2 rings (SSSR count). The number of thioether (sulfide) groups is 1. The van der Waals surface area contributed by atoms with Gasteiger partial charge in [0.1, 0.15) is 0 Å². The van der Waals surface area contributed by atoms with E-state index < -0.39 is 5.97 Å². The van der Waals surface area contributed by atoms with Gasteiger partial charge in [-0.2, -0.15) is 0 Å². The summed E-state index contributed by atoms with van der Waals surface area (Å²) in [5, 5.41) is 10.9. The maximum absolute atomic E-state index is 10.4. The third-order valence-corrected chi connectivity index (χ3v) is 3.06. The number of carbonyl (C=O) groups is 1. The molecule has 0 bridgehead atoms. The Hall–Kier alpha value is -0.480. The van der Waals surface area contributed by atoms with Crippen LogP contribution >= 0.6 is 11.8 Å². The summed E-state index contributed by atoms with van der Waals surface area (Å²) in [6.45, 7) is 0. The van der Waals surface area contributed by atoms with Crippen LogP contribution in [0.5, 0.6) is 0 Å². The Morgan fingerprint density at radius 1 is 1.12 bits per heavy atom. The van der Waals surface area contributed by atoms with Crippen molar-refractivity contribution in [3.8, 4) is 0 Å². The standard InChI is InChI=1S/C12H10O2S.Na/c13-12(14)8-15-11-6-5-9-3-1-2-4-10(9)7-11;/h1-7H,8H2,(H,13,14);. The molecule has 1 N–H and O–H groups in total. The second-order valence-electron chi connectivity index (χ2n) is 3.19. The average molecular weight is 241 g/mol. The summed E-state index contributed by atoms with van der Waals surface area (Å²) in [6, 6.07) is 14.0. The predicted molar refractivity (Wildman–Crippen MR) is 68.1 cm³/mol. The van der Waals surface area contributed by atoms with Crippen molar-refractivity contribution in [2.24, 2.45) is 0 Å². The van der Waals surface area contributed by atoms with E-state index in [1.54, 1.807) is 0 Å². The molecular formula is C12H10NaO2S. The van der Waals surface area contributed by atoms with Gasteiger partial charge in [0.15, 0.2) is 0 Å². The second-order valence-corrected chi connectivity index (χ2v) is 4.24. The van der Waals surface area contributed by atoms with Gasteiger partial charge in [0.2, 0.25) is 0 Å². The van der Waals surface area contributed by atoms with Crippen molar-refractivity contribution >= 4 is 58.1 Å². The Bertz CT molecular complexity index is 499. The van der Waals surface area contributed by atoms with Gasteiger partial charge in [-0.05, 0) is 22.9 Å². The first-order chi connectivity index (χ1) is 7.25. The summed E-state index contributed by atoms with van der Waals surface area (Å²) in [6.07, 6.45) is 0. The number of rotatable bonds is 3. The van der Waals surface area contributed by atoms with E-state index in [1.165, 1.54) is 17.1 Å². The molecule has 0 fully saturated rings. The Labute approximate surface area is 120 Å². The van der Waals surface area contributed by atoms with Crippen LogP contribution in [0.15, 0.2) is 47.4 Å². The summed E-state index contributed by atoms with van der Waals surface area (Å²) in [5.41, 5.74) is 0. The SMILES string of the molecule is O=C(O)CSc1ccc2ccccc2c1.[Na]. The van der Waals surface area contributed by atoms with Gasteiger partial charge < -0.3 is 5.11 Å². The quantitative estimate of drug-likeness (QED) is 0.663. The summed E-state index contributed by atoms with van der Waals surface area (Å²) in [7, 11) is 0. The molecule has 0 spiro atoms. The predicted octanol–water partition coefficient (Wildman–Crippen LogP) is 2.64. The molecule has 0 saturated carbocycles. The molecule has 2 aromatic carbocycles. The van der Waals surface area contributed by atoms with Crippen LogP contribution in [0, 0.1) is 0 Å². The van der Waals surface area contributed by atoms with E-state index in [1.807, 2.05) is 42.5 Å². The molecule has 2 aromatic rings. The van der Waals surface area contributed by atoms with Gasteiger partial charge in [0.25, 0.3) is 0 Å². The van der Waals surface area contributed by atoms with E-state index in [-0.39, 0.29) is 35.3 Å². The van der Waals surface area contributed by atoms with Gasteiger partial charge in [0, 0.05) is 34.5 Å². The van der Waals surface area contributed by atoms with E-state index >= 15 is 0 Å². The molecule has 4 heteroatoms. The van der Waals surface area contributed by atoms with Crippen LogP contribution in [0.2, 0.25) is 0 Å². The first-order valence-electron chi connectivity index (χ1n) is 4.59. The molecule has 77 valence electrons. The molecule has 0 unspecified atom stereocenters. The first kappa shape index (κ1) is 13.6. The largest absolute Gasteiger partial charge is 0.481 e. The molecule has 0 amide bonds. The number of benzene rings is 2. The van der Waals surface area contributed by atoms with Crippen LogP contribution in [0.3, 0.4) is 0 Å². The average Bonchev–Trinajstić information content (AvgIpc) is 2.26. The minimum absolute atomic E-state index is 0. The van der Waals surface area contributed by atoms with E-state index in [9.17, 15) is 4.79 Å².